The molecule has 0 saturated carbocycles. The van der Waals surface area contributed by atoms with Crippen LogP contribution in [-0.2, 0) is 4.79 Å². The molecule has 4 nitrogen and oxygen atoms in total. The van der Waals surface area contributed by atoms with Crippen LogP contribution in [0.15, 0.2) is 29.5 Å². The predicted molar refractivity (Wildman–Crippen MR) is 51.1 cm³/mol. The largest absolute Gasteiger partial charge is 0.311 e. The summed E-state index contributed by atoms with van der Waals surface area (Å²) in [5.41, 5.74) is 3.19. The van der Waals surface area contributed by atoms with E-state index in [1.165, 1.54) is 4.57 Å². The van der Waals surface area contributed by atoms with Gasteiger partial charge in [-0.05, 0) is 12.1 Å². The quantitative estimate of drug-likeness (QED) is 0.386. The lowest BCUT2D eigenvalue weighted by Gasteiger charge is -1.94. The highest BCUT2D eigenvalue weighted by molar-refractivity contribution is 5.51. The van der Waals surface area contributed by atoms with E-state index < -0.39 is 0 Å². The zero-order valence-electron chi connectivity index (χ0n) is 7.34. The van der Waals surface area contributed by atoms with Crippen LogP contribution in [0.3, 0.4) is 0 Å². The van der Waals surface area contributed by atoms with Gasteiger partial charge in [-0.1, -0.05) is 6.07 Å². The summed E-state index contributed by atoms with van der Waals surface area (Å²) in [5, 5.41) is 3.86. The van der Waals surface area contributed by atoms with E-state index >= 15 is 0 Å². The van der Waals surface area contributed by atoms with Crippen LogP contribution in [-0.4, -0.2) is 18.0 Å². The second-order valence-electron chi connectivity index (χ2n) is 1.91. The second kappa shape index (κ2) is 6.68. The highest BCUT2D eigenvalue weighted by Gasteiger charge is 1.85. The van der Waals surface area contributed by atoms with Crippen molar-refractivity contribution in [3.05, 3.63) is 29.9 Å². The number of nitrogens with one attached hydrogen (secondary N) is 1. The monoisotopic (exact) mass is 177 g/mol. The van der Waals surface area contributed by atoms with Crippen LogP contribution in [0.4, 0.5) is 0 Å². The Balaban J connectivity index is 0.000000671. The molecule has 1 N–H and O–H groups in total. The number of hydrogen-bond donors (Lipinski definition) is 1. The molecule has 0 aliphatic carbocycles. The minimum atomic E-state index is 0.588. The number of pyridine rings is 1. The van der Waals surface area contributed by atoms with E-state index in [1.54, 1.807) is 25.4 Å². The summed E-state index contributed by atoms with van der Waals surface area (Å²) in [7, 11) is 1.68. The van der Waals surface area contributed by atoms with Gasteiger partial charge in [0.2, 0.25) is 6.41 Å². The normalized spacial score (nSPS) is 9.62. The summed E-state index contributed by atoms with van der Waals surface area (Å²) in [6, 6.07) is 5.32. The lowest BCUT2D eigenvalue weighted by molar-refractivity contribution is 0.544. The highest BCUT2D eigenvalue weighted by atomic mass is 16.1. The van der Waals surface area contributed by atoms with Crippen molar-refractivity contribution in [2.24, 2.45) is 5.10 Å². The molecule has 0 saturated heterocycles. The fraction of sp³-hybridized carbons (Fsp3) is 0.111. The van der Waals surface area contributed by atoms with Gasteiger partial charge in [0.25, 0.3) is 0 Å². The molecule has 0 bridgehead atoms. The van der Waals surface area contributed by atoms with Gasteiger partial charge in [-0.25, -0.2) is 0 Å². The lowest BCUT2D eigenvalue weighted by atomic mass is 10.5. The fourth-order valence-corrected chi connectivity index (χ4v) is 0.745. The molecule has 13 heavy (non-hydrogen) atoms. The van der Waals surface area contributed by atoms with Crippen LogP contribution in [0, 0.1) is 12.8 Å². The standard InChI is InChI=1S/C7H9N3O.C2H2/c1-8-9-7-4-2-3-5-10(7)6-11;1-2/h2-6,8H,1H3;1-2H/b9-7-;. The highest BCUT2D eigenvalue weighted by Crippen LogP contribution is 1.75. The maximum absolute atomic E-state index is 10.4. The van der Waals surface area contributed by atoms with Gasteiger partial charge >= 0.3 is 0 Å². The summed E-state index contributed by atoms with van der Waals surface area (Å²) in [5.74, 6) is 0. The van der Waals surface area contributed by atoms with Gasteiger partial charge < -0.3 is 5.43 Å². The van der Waals surface area contributed by atoms with Gasteiger partial charge in [0.15, 0.2) is 5.49 Å². The molecule has 0 unspecified atom stereocenters. The van der Waals surface area contributed by atoms with Crippen LogP contribution < -0.4 is 10.9 Å². The lowest BCUT2D eigenvalue weighted by Crippen LogP contribution is -2.21. The molecule has 68 valence electrons. The van der Waals surface area contributed by atoms with Crippen molar-refractivity contribution in [1.29, 1.82) is 0 Å². The summed E-state index contributed by atoms with van der Waals surface area (Å²) in [4.78, 5) is 10.4. The third-order valence-electron chi connectivity index (χ3n) is 1.21. The summed E-state index contributed by atoms with van der Waals surface area (Å²) in [6.45, 7) is 0. The molecule has 1 rings (SSSR count). The maximum Gasteiger partial charge on any atom is 0.219 e. The summed E-state index contributed by atoms with van der Waals surface area (Å²) in [6.07, 6.45) is 10.3. The Hall–Kier alpha value is -2.02. The molecule has 1 aromatic rings. The number of hydrogen-bond acceptors (Lipinski definition) is 3. The van der Waals surface area contributed by atoms with E-state index in [4.69, 9.17) is 0 Å². The SMILES string of the molecule is C#C.CN/N=c1/ccccn1C=O. The minimum absolute atomic E-state index is 0.588. The summed E-state index contributed by atoms with van der Waals surface area (Å²) >= 11 is 0. The van der Waals surface area contributed by atoms with Crippen molar-refractivity contribution in [2.75, 3.05) is 7.05 Å². The third kappa shape index (κ3) is 3.25. The predicted octanol–water partition coefficient (Wildman–Crippen LogP) is -0.189. The first-order valence-electron chi connectivity index (χ1n) is 3.54. The second-order valence-corrected chi connectivity index (χ2v) is 1.91. The minimum Gasteiger partial charge on any atom is -0.311 e. The molecular weight excluding hydrogens is 166 g/mol. The van der Waals surface area contributed by atoms with Gasteiger partial charge in [-0.15, -0.1) is 12.8 Å². The number of aromatic nitrogens is 1. The first kappa shape index (κ1) is 11.0. The zero-order valence-corrected chi connectivity index (χ0v) is 7.34. The van der Waals surface area contributed by atoms with Crippen LogP contribution in [0.25, 0.3) is 0 Å². The van der Waals surface area contributed by atoms with Crippen molar-refractivity contribution < 1.29 is 4.79 Å². The number of terminal acetylenes is 1. The van der Waals surface area contributed by atoms with Gasteiger partial charge in [0.1, 0.15) is 0 Å². The first-order chi connectivity index (χ1) is 6.38. The molecule has 0 atom stereocenters. The van der Waals surface area contributed by atoms with E-state index in [0.29, 0.717) is 11.9 Å². The Morgan fingerprint density at radius 1 is 1.54 bits per heavy atom. The van der Waals surface area contributed by atoms with E-state index in [1.807, 2.05) is 6.07 Å². The topological polar surface area (TPSA) is 46.4 Å². The number of rotatable bonds is 2. The van der Waals surface area contributed by atoms with E-state index in [0.717, 1.165) is 0 Å². The van der Waals surface area contributed by atoms with Crippen molar-refractivity contribution in [3.63, 3.8) is 0 Å². The van der Waals surface area contributed by atoms with Crippen molar-refractivity contribution in [2.45, 2.75) is 0 Å². The molecule has 0 amide bonds. The molecule has 1 aromatic heterocycles. The van der Waals surface area contributed by atoms with E-state index in [-0.39, 0.29) is 0 Å². The number of carbonyl (C=O) groups is 1. The van der Waals surface area contributed by atoms with Crippen molar-refractivity contribution >= 4 is 6.41 Å². The van der Waals surface area contributed by atoms with Gasteiger partial charge in [0, 0.05) is 13.2 Å². The molecule has 0 spiro atoms. The molecule has 0 aromatic carbocycles. The first-order valence-corrected chi connectivity index (χ1v) is 3.54. The maximum atomic E-state index is 10.4. The van der Waals surface area contributed by atoms with Gasteiger partial charge in [0.05, 0.1) is 0 Å². The molecule has 1 heterocycles. The molecule has 0 aliphatic rings. The Bertz CT molecular complexity index is 338. The fourth-order valence-electron chi connectivity index (χ4n) is 0.745. The average molecular weight is 177 g/mol. The molecule has 0 fully saturated rings. The zero-order chi connectivity index (χ0) is 10.1. The van der Waals surface area contributed by atoms with Crippen LogP contribution in [0.5, 0.6) is 0 Å². The average Bonchev–Trinajstić information content (AvgIpc) is 2.22. The van der Waals surface area contributed by atoms with E-state index in [9.17, 15) is 4.79 Å². The molecular formula is C9H11N3O. The molecule has 0 radical (unpaired) electrons. The third-order valence-corrected chi connectivity index (χ3v) is 1.21. The van der Waals surface area contributed by atoms with Crippen LogP contribution >= 0.6 is 0 Å². The Kier molecular flexibility index (Phi) is 5.64. The molecule has 4 heteroatoms. The summed E-state index contributed by atoms with van der Waals surface area (Å²) < 4.78 is 1.39. The Morgan fingerprint density at radius 2 is 2.23 bits per heavy atom. The Labute approximate surface area is 76.9 Å². The van der Waals surface area contributed by atoms with Crippen LogP contribution in [0.1, 0.15) is 0 Å². The van der Waals surface area contributed by atoms with E-state index in [2.05, 4.69) is 23.4 Å². The van der Waals surface area contributed by atoms with Crippen molar-refractivity contribution in [3.8, 4) is 12.8 Å². The Morgan fingerprint density at radius 3 is 2.77 bits per heavy atom. The van der Waals surface area contributed by atoms with Crippen LogP contribution in [0.2, 0.25) is 0 Å². The number of carbonyl (C=O) groups excluding carboxylic acids is 1. The van der Waals surface area contributed by atoms with Gasteiger partial charge in [-0.2, -0.15) is 5.10 Å². The smallest absolute Gasteiger partial charge is 0.219 e. The number of nitrogens with zero attached hydrogens (tertiary/aromatic N) is 2. The van der Waals surface area contributed by atoms with Crippen molar-refractivity contribution in [1.82, 2.24) is 9.99 Å². The van der Waals surface area contributed by atoms with Gasteiger partial charge in [-0.3, -0.25) is 9.36 Å². The molecule has 0 aliphatic heterocycles.